The van der Waals surface area contributed by atoms with E-state index in [-0.39, 0.29) is 0 Å². The fraction of sp³-hybridized carbons (Fsp3) is 0.667. The normalized spacial score (nSPS) is 12.2. The predicted octanol–water partition coefficient (Wildman–Crippen LogP) is -0.534. The highest BCUT2D eigenvalue weighted by Gasteiger charge is 2.11. The first-order chi connectivity index (χ1) is 4.72. The molecular formula is C6H11NO3. The third kappa shape index (κ3) is 3.19. The number of esters is 1. The van der Waals surface area contributed by atoms with Crippen molar-refractivity contribution in [1.82, 2.24) is 0 Å². The molecule has 0 aromatic rings. The van der Waals surface area contributed by atoms with Crippen molar-refractivity contribution in [1.29, 1.82) is 0 Å². The van der Waals surface area contributed by atoms with Crippen LogP contribution < -0.4 is 5.73 Å². The smallest absolute Gasteiger partial charge is 0.322 e. The van der Waals surface area contributed by atoms with E-state index in [2.05, 4.69) is 4.74 Å². The molecule has 10 heavy (non-hydrogen) atoms. The molecule has 0 aliphatic heterocycles. The van der Waals surface area contributed by atoms with Gasteiger partial charge in [0.1, 0.15) is 12.3 Å². The molecule has 0 fully saturated rings. The Morgan fingerprint density at radius 2 is 2.40 bits per heavy atom. The molecule has 58 valence electrons. The third-order valence-electron chi connectivity index (χ3n) is 1.10. The van der Waals surface area contributed by atoms with Crippen LogP contribution in [0.4, 0.5) is 0 Å². The van der Waals surface area contributed by atoms with E-state index in [1.54, 1.807) is 0 Å². The molecule has 0 bridgehead atoms. The number of ether oxygens (including phenoxy) is 1. The lowest BCUT2D eigenvalue weighted by molar-refractivity contribution is -0.142. The molecule has 1 atom stereocenters. The first-order valence-electron chi connectivity index (χ1n) is 2.99. The van der Waals surface area contributed by atoms with E-state index in [9.17, 15) is 9.59 Å². The molecule has 4 nitrogen and oxygen atoms in total. The van der Waals surface area contributed by atoms with Gasteiger partial charge in [0.05, 0.1) is 7.11 Å². The lowest BCUT2D eigenvalue weighted by Gasteiger charge is -2.05. The Bertz CT molecular complexity index is 124. The Hall–Kier alpha value is -0.900. The molecule has 0 aromatic carbocycles. The number of carbonyl (C=O) groups is 2. The first-order valence-corrected chi connectivity index (χ1v) is 2.99. The summed E-state index contributed by atoms with van der Waals surface area (Å²) in [6.45, 7) is 0. The van der Waals surface area contributed by atoms with Crippen LogP contribution in [0.5, 0.6) is 0 Å². The zero-order chi connectivity index (χ0) is 7.98. The zero-order valence-corrected chi connectivity index (χ0v) is 5.87. The summed E-state index contributed by atoms with van der Waals surface area (Å²) in [6.07, 6.45) is 1.38. The monoisotopic (exact) mass is 145 g/mol. The van der Waals surface area contributed by atoms with Crippen LogP contribution in [0.1, 0.15) is 12.8 Å². The van der Waals surface area contributed by atoms with Crippen LogP contribution in [-0.2, 0) is 14.3 Å². The SMILES string of the molecule is COC(=O)[C@H](N)CCC=O. The summed E-state index contributed by atoms with van der Waals surface area (Å²) in [4.78, 5) is 20.4. The molecule has 0 spiro atoms. The van der Waals surface area contributed by atoms with Gasteiger partial charge in [0.25, 0.3) is 0 Å². The van der Waals surface area contributed by atoms with Crippen LogP contribution in [0.3, 0.4) is 0 Å². The van der Waals surface area contributed by atoms with Gasteiger partial charge in [-0.2, -0.15) is 0 Å². The maximum atomic E-state index is 10.6. The molecule has 0 rings (SSSR count). The molecule has 0 aliphatic rings. The van der Waals surface area contributed by atoms with Crippen molar-refractivity contribution >= 4 is 12.3 Å². The van der Waals surface area contributed by atoms with Crippen molar-refractivity contribution in [2.45, 2.75) is 18.9 Å². The molecule has 0 saturated heterocycles. The highest BCUT2D eigenvalue weighted by molar-refractivity contribution is 5.75. The van der Waals surface area contributed by atoms with Gasteiger partial charge in [-0.25, -0.2) is 0 Å². The van der Waals surface area contributed by atoms with E-state index in [0.29, 0.717) is 12.8 Å². The number of rotatable bonds is 4. The maximum Gasteiger partial charge on any atom is 0.322 e. The van der Waals surface area contributed by atoms with Gasteiger partial charge < -0.3 is 15.3 Å². The van der Waals surface area contributed by atoms with Crippen LogP contribution >= 0.6 is 0 Å². The van der Waals surface area contributed by atoms with Crippen molar-refractivity contribution in [3.63, 3.8) is 0 Å². The maximum absolute atomic E-state index is 10.6. The molecule has 4 heteroatoms. The molecule has 0 amide bonds. The molecule has 0 unspecified atom stereocenters. The van der Waals surface area contributed by atoms with E-state index < -0.39 is 12.0 Å². The van der Waals surface area contributed by atoms with Crippen molar-refractivity contribution in [2.24, 2.45) is 5.73 Å². The van der Waals surface area contributed by atoms with E-state index in [0.717, 1.165) is 6.29 Å². The van der Waals surface area contributed by atoms with Gasteiger partial charge in [0.2, 0.25) is 0 Å². The summed E-state index contributed by atoms with van der Waals surface area (Å²) in [5, 5.41) is 0. The van der Waals surface area contributed by atoms with E-state index in [1.165, 1.54) is 7.11 Å². The average molecular weight is 145 g/mol. The molecule has 0 radical (unpaired) electrons. The Kier molecular flexibility index (Phi) is 4.49. The summed E-state index contributed by atoms with van der Waals surface area (Å²) in [7, 11) is 1.27. The first kappa shape index (κ1) is 9.10. The van der Waals surface area contributed by atoms with E-state index >= 15 is 0 Å². The van der Waals surface area contributed by atoms with Gasteiger partial charge in [-0.3, -0.25) is 4.79 Å². The fourth-order valence-electron chi connectivity index (χ4n) is 0.517. The van der Waals surface area contributed by atoms with Crippen LogP contribution in [0.25, 0.3) is 0 Å². The van der Waals surface area contributed by atoms with Gasteiger partial charge in [-0.15, -0.1) is 0 Å². The molecular weight excluding hydrogens is 134 g/mol. The summed E-state index contributed by atoms with van der Waals surface area (Å²) in [5.74, 6) is -0.471. The van der Waals surface area contributed by atoms with Crippen molar-refractivity contribution in [3.8, 4) is 0 Å². The lowest BCUT2D eigenvalue weighted by Crippen LogP contribution is -2.31. The van der Waals surface area contributed by atoms with E-state index in [1.807, 2.05) is 0 Å². The summed E-state index contributed by atoms with van der Waals surface area (Å²) < 4.78 is 4.33. The molecule has 2 N–H and O–H groups in total. The number of hydrogen-bond acceptors (Lipinski definition) is 4. The number of nitrogens with two attached hydrogens (primary N) is 1. The van der Waals surface area contributed by atoms with Crippen molar-refractivity contribution in [3.05, 3.63) is 0 Å². The summed E-state index contributed by atoms with van der Waals surface area (Å²) in [6, 6.07) is -0.657. The van der Waals surface area contributed by atoms with Gasteiger partial charge in [-0.05, 0) is 6.42 Å². The Labute approximate surface area is 59.3 Å². The number of methoxy groups -OCH3 is 1. The number of aldehydes is 1. The Balaban J connectivity index is 3.50. The fourth-order valence-corrected chi connectivity index (χ4v) is 0.517. The second-order valence-electron chi connectivity index (χ2n) is 1.87. The molecule has 0 aliphatic carbocycles. The van der Waals surface area contributed by atoms with Gasteiger partial charge >= 0.3 is 5.97 Å². The van der Waals surface area contributed by atoms with Crippen LogP contribution in [0, 0.1) is 0 Å². The molecule has 0 saturated carbocycles. The van der Waals surface area contributed by atoms with Gasteiger partial charge in [-0.1, -0.05) is 0 Å². The van der Waals surface area contributed by atoms with Gasteiger partial charge in [0.15, 0.2) is 0 Å². The summed E-state index contributed by atoms with van der Waals surface area (Å²) in [5.41, 5.74) is 5.28. The second kappa shape index (κ2) is 4.93. The number of carbonyl (C=O) groups excluding carboxylic acids is 2. The minimum atomic E-state index is -0.657. The largest absolute Gasteiger partial charge is 0.468 e. The second-order valence-corrected chi connectivity index (χ2v) is 1.87. The third-order valence-corrected chi connectivity index (χ3v) is 1.10. The highest BCUT2D eigenvalue weighted by Crippen LogP contribution is 1.92. The van der Waals surface area contributed by atoms with Crippen LogP contribution in [0.15, 0.2) is 0 Å². The predicted molar refractivity (Wildman–Crippen MR) is 35.3 cm³/mol. The summed E-state index contributed by atoms with van der Waals surface area (Å²) >= 11 is 0. The topological polar surface area (TPSA) is 69.4 Å². The Morgan fingerprint density at radius 3 is 2.80 bits per heavy atom. The molecule has 0 aromatic heterocycles. The van der Waals surface area contributed by atoms with Crippen molar-refractivity contribution < 1.29 is 14.3 Å². The number of hydrogen-bond donors (Lipinski definition) is 1. The van der Waals surface area contributed by atoms with Crippen LogP contribution in [0.2, 0.25) is 0 Å². The zero-order valence-electron chi connectivity index (χ0n) is 5.87. The van der Waals surface area contributed by atoms with Crippen LogP contribution in [-0.4, -0.2) is 25.4 Å². The lowest BCUT2D eigenvalue weighted by atomic mass is 10.2. The Morgan fingerprint density at radius 1 is 1.80 bits per heavy atom. The van der Waals surface area contributed by atoms with Crippen molar-refractivity contribution in [2.75, 3.05) is 7.11 Å². The molecule has 0 heterocycles. The quantitative estimate of drug-likeness (QED) is 0.426. The highest BCUT2D eigenvalue weighted by atomic mass is 16.5. The average Bonchev–Trinajstić information content (AvgIpc) is 1.98. The minimum Gasteiger partial charge on any atom is -0.468 e. The van der Waals surface area contributed by atoms with Gasteiger partial charge in [0, 0.05) is 6.42 Å². The minimum absolute atomic E-state index is 0.302. The van der Waals surface area contributed by atoms with E-state index in [4.69, 9.17) is 5.73 Å². The standard InChI is InChI=1S/C6H11NO3/c1-10-6(9)5(7)3-2-4-8/h4-5H,2-3,7H2,1H3/t5-/m1/s1.